The maximum atomic E-state index is 9.00. The zero-order valence-electron chi connectivity index (χ0n) is 10.5. The van der Waals surface area contributed by atoms with Crippen molar-refractivity contribution in [2.45, 2.75) is 11.7 Å². The molecule has 0 N–H and O–H groups in total. The Bertz CT molecular complexity index is 670. The van der Waals surface area contributed by atoms with Gasteiger partial charge in [0, 0.05) is 5.75 Å². The lowest BCUT2D eigenvalue weighted by Crippen LogP contribution is -2.19. The molecule has 2 aromatic rings. The molecule has 2 nitrogen and oxygen atoms in total. The van der Waals surface area contributed by atoms with E-state index >= 15 is 0 Å². The van der Waals surface area contributed by atoms with Gasteiger partial charge in [0.05, 0.1) is 4.75 Å². The van der Waals surface area contributed by atoms with E-state index in [0.717, 1.165) is 10.9 Å². The van der Waals surface area contributed by atoms with Crippen LogP contribution >= 0.6 is 23.5 Å². The van der Waals surface area contributed by atoms with E-state index in [2.05, 4.69) is 35.1 Å². The molecule has 19 heavy (non-hydrogen) atoms. The number of rotatable bonds is 4. The van der Waals surface area contributed by atoms with E-state index in [1.54, 1.807) is 0 Å². The smallest absolute Gasteiger partial charge is 0.134 e. The van der Waals surface area contributed by atoms with E-state index in [0.29, 0.717) is 5.75 Å². The Balaban J connectivity index is 2.44. The van der Waals surface area contributed by atoms with Crippen molar-refractivity contribution < 1.29 is 0 Å². The van der Waals surface area contributed by atoms with Gasteiger partial charge in [-0.3, -0.25) is 0 Å². The highest BCUT2D eigenvalue weighted by Crippen LogP contribution is 2.39. The summed E-state index contributed by atoms with van der Waals surface area (Å²) < 4.78 is -0.362. The molecule has 0 fully saturated rings. The molecule has 1 unspecified atom stereocenters. The Hall–Kier alpha value is -1.62. The molecule has 2 rings (SSSR count). The van der Waals surface area contributed by atoms with Gasteiger partial charge in [-0.25, -0.2) is 0 Å². The van der Waals surface area contributed by atoms with Crippen molar-refractivity contribution in [3.63, 3.8) is 0 Å². The first-order valence-electron chi connectivity index (χ1n) is 5.77. The van der Waals surface area contributed by atoms with Gasteiger partial charge in [0.15, 0.2) is 0 Å². The molecule has 0 aliphatic carbocycles. The molecule has 94 valence electrons. The third-order valence-electron chi connectivity index (χ3n) is 3.04. The summed E-state index contributed by atoms with van der Waals surface area (Å²) in [5.74, 6) is 0.597. The molecular weight excluding hydrogens is 272 g/mol. The van der Waals surface area contributed by atoms with Crippen LogP contribution in [0.3, 0.4) is 0 Å². The van der Waals surface area contributed by atoms with Gasteiger partial charge in [-0.15, -0.1) is 0 Å². The number of thioether (sulfide) groups is 2. The fourth-order valence-corrected chi connectivity index (χ4v) is 3.33. The van der Waals surface area contributed by atoms with E-state index in [-0.39, 0.29) is 4.75 Å². The van der Waals surface area contributed by atoms with Crippen LogP contribution in [0.2, 0.25) is 0 Å². The van der Waals surface area contributed by atoms with Gasteiger partial charge >= 0.3 is 0 Å². The maximum Gasteiger partial charge on any atom is 0.134 e. The summed E-state index contributed by atoms with van der Waals surface area (Å²) in [5.41, 5.74) is 1.08. The van der Waals surface area contributed by atoms with Crippen molar-refractivity contribution >= 4 is 34.3 Å². The average molecular weight is 284 g/mol. The highest BCUT2D eigenvalue weighted by Gasteiger charge is 2.28. The molecule has 0 aliphatic rings. The van der Waals surface area contributed by atoms with Gasteiger partial charge < -0.3 is 0 Å². The topological polar surface area (TPSA) is 47.6 Å². The monoisotopic (exact) mass is 284 g/mol. The summed E-state index contributed by atoms with van der Waals surface area (Å²) in [6.07, 6.45) is 0. The molecule has 0 amide bonds. The lowest BCUT2D eigenvalue weighted by Gasteiger charge is -2.25. The number of hydrogen-bond acceptors (Lipinski definition) is 4. The van der Waals surface area contributed by atoms with Crippen LogP contribution in [0.25, 0.3) is 10.8 Å². The first-order valence-corrected chi connectivity index (χ1v) is 7.57. The molecule has 0 aromatic heterocycles. The zero-order valence-corrected chi connectivity index (χ0v) is 12.1. The first-order chi connectivity index (χ1) is 9.19. The number of hydrogen-bond donors (Lipinski definition) is 0. The van der Waals surface area contributed by atoms with Crippen molar-refractivity contribution in [1.82, 2.24) is 0 Å². The third kappa shape index (κ3) is 3.04. The van der Waals surface area contributed by atoms with Gasteiger partial charge in [0.25, 0.3) is 0 Å². The quantitative estimate of drug-likeness (QED) is 0.776. The van der Waals surface area contributed by atoms with Crippen molar-refractivity contribution in [2.75, 3.05) is 5.75 Å². The van der Waals surface area contributed by atoms with Gasteiger partial charge in [0.1, 0.15) is 10.8 Å². The number of nitriles is 2. The Morgan fingerprint density at radius 2 is 1.79 bits per heavy atom. The maximum absolute atomic E-state index is 9.00. The first kappa shape index (κ1) is 13.8. The van der Waals surface area contributed by atoms with Crippen LogP contribution in [-0.4, -0.2) is 5.75 Å². The van der Waals surface area contributed by atoms with Crippen LogP contribution in [0.4, 0.5) is 0 Å². The highest BCUT2D eigenvalue weighted by molar-refractivity contribution is 8.07. The number of benzene rings is 2. The normalized spacial score (nSPS) is 13.4. The molecule has 0 saturated carbocycles. The lowest BCUT2D eigenvalue weighted by atomic mass is 9.98. The zero-order chi connectivity index (χ0) is 13.7. The second-order valence-electron chi connectivity index (χ2n) is 4.37. The van der Waals surface area contributed by atoms with Crippen molar-refractivity contribution in [1.29, 1.82) is 10.5 Å². The fraction of sp³-hybridized carbons (Fsp3) is 0.200. The van der Waals surface area contributed by atoms with E-state index in [4.69, 9.17) is 10.5 Å². The molecular formula is C15H12N2S2. The molecule has 0 spiro atoms. The van der Waals surface area contributed by atoms with E-state index in [9.17, 15) is 0 Å². The Morgan fingerprint density at radius 3 is 2.47 bits per heavy atom. The second-order valence-corrected chi connectivity index (χ2v) is 6.41. The fourth-order valence-electron chi connectivity index (χ4n) is 1.96. The third-order valence-corrected chi connectivity index (χ3v) is 5.00. The van der Waals surface area contributed by atoms with E-state index in [1.807, 2.05) is 25.1 Å². The van der Waals surface area contributed by atoms with Crippen LogP contribution in [0.1, 0.15) is 12.5 Å². The summed E-state index contributed by atoms with van der Waals surface area (Å²) in [6.45, 7) is 2.01. The van der Waals surface area contributed by atoms with Crippen LogP contribution in [0.15, 0.2) is 42.5 Å². The predicted molar refractivity (Wildman–Crippen MR) is 82.6 cm³/mol. The van der Waals surface area contributed by atoms with Gasteiger partial charge in [-0.05, 0) is 52.8 Å². The van der Waals surface area contributed by atoms with Gasteiger partial charge in [0.2, 0.25) is 0 Å². The number of thiocyanates is 2. The average Bonchev–Trinajstić information content (AvgIpc) is 2.45. The summed E-state index contributed by atoms with van der Waals surface area (Å²) in [6, 6.07) is 14.4. The Morgan fingerprint density at radius 1 is 1.05 bits per heavy atom. The van der Waals surface area contributed by atoms with Crippen molar-refractivity contribution in [3.05, 3.63) is 48.0 Å². The highest BCUT2D eigenvalue weighted by atomic mass is 32.2. The molecule has 4 heteroatoms. The molecule has 0 radical (unpaired) electrons. The number of fused-ring (bicyclic) bond motifs is 1. The number of nitrogens with zero attached hydrogens (tertiary/aromatic N) is 2. The second kappa shape index (κ2) is 6.02. The molecule has 1 atom stereocenters. The summed E-state index contributed by atoms with van der Waals surface area (Å²) in [4.78, 5) is 0. The van der Waals surface area contributed by atoms with Gasteiger partial charge in [-0.1, -0.05) is 36.4 Å². The van der Waals surface area contributed by atoms with Crippen molar-refractivity contribution in [2.24, 2.45) is 0 Å². The molecule has 2 aromatic carbocycles. The van der Waals surface area contributed by atoms with Crippen LogP contribution in [-0.2, 0) is 4.75 Å². The Kier molecular flexibility index (Phi) is 4.37. The molecule has 0 aliphatic heterocycles. The molecule has 0 saturated heterocycles. The van der Waals surface area contributed by atoms with Gasteiger partial charge in [-0.2, -0.15) is 10.5 Å². The van der Waals surface area contributed by atoms with Crippen LogP contribution in [0.5, 0.6) is 0 Å². The predicted octanol–water partition coefficient (Wildman–Crippen LogP) is 4.48. The minimum atomic E-state index is -0.362. The molecule has 0 heterocycles. The minimum Gasteiger partial charge on any atom is -0.185 e. The summed E-state index contributed by atoms with van der Waals surface area (Å²) in [7, 11) is 0. The van der Waals surface area contributed by atoms with Crippen molar-refractivity contribution in [3.8, 4) is 10.8 Å². The molecule has 0 bridgehead atoms. The van der Waals surface area contributed by atoms with E-state index in [1.165, 1.54) is 28.9 Å². The summed E-state index contributed by atoms with van der Waals surface area (Å²) >= 11 is 2.40. The SMILES string of the molecule is CC(CSC#N)(SC#N)c1ccc2ccccc2c1. The van der Waals surface area contributed by atoms with Crippen LogP contribution in [0, 0.1) is 21.3 Å². The standard InChI is InChI=1S/C15H12N2S2/c1-15(19-11-17,9-18-10-16)14-7-6-12-4-2-3-5-13(12)8-14/h2-8H,9H2,1H3. The largest absolute Gasteiger partial charge is 0.185 e. The van der Waals surface area contributed by atoms with E-state index < -0.39 is 0 Å². The lowest BCUT2D eigenvalue weighted by molar-refractivity contribution is 0.804. The van der Waals surface area contributed by atoms with Crippen LogP contribution < -0.4 is 0 Å². The summed E-state index contributed by atoms with van der Waals surface area (Å²) in [5, 5.41) is 24.3. The Labute approximate surface area is 121 Å². The minimum absolute atomic E-state index is 0.362.